The number of hydrogen-bond acceptors (Lipinski definition) is 2. The van der Waals surface area contributed by atoms with Crippen molar-refractivity contribution in [3.63, 3.8) is 0 Å². The molecular weight excluding hydrogens is 206 g/mol. The van der Waals surface area contributed by atoms with Crippen molar-refractivity contribution in [1.29, 1.82) is 0 Å². The van der Waals surface area contributed by atoms with E-state index in [-0.39, 0.29) is 0 Å². The highest BCUT2D eigenvalue weighted by Gasteiger charge is 2.05. The minimum absolute atomic E-state index is 0.618. The number of halogens is 1. The van der Waals surface area contributed by atoms with Crippen molar-refractivity contribution in [2.24, 2.45) is 0 Å². The van der Waals surface area contributed by atoms with Crippen LogP contribution >= 0.6 is 15.9 Å². The molecule has 2 nitrogen and oxygen atoms in total. The van der Waals surface area contributed by atoms with E-state index in [1.54, 1.807) is 18.5 Å². The molecule has 0 aliphatic carbocycles. The van der Waals surface area contributed by atoms with E-state index in [2.05, 4.69) is 27.5 Å². The summed E-state index contributed by atoms with van der Waals surface area (Å²) >= 11 is 3.27. The predicted molar refractivity (Wildman–Crippen MR) is 47.1 cm³/mol. The van der Waals surface area contributed by atoms with Gasteiger partial charge >= 0.3 is 0 Å². The van der Waals surface area contributed by atoms with Gasteiger partial charge in [0.15, 0.2) is 0 Å². The van der Waals surface area contributed by atoms with Crippen LogP contribution in [-0.4, -0.2) is 10.1 Å². The monoisotopic (exact) mass is 213 g/mol. The van der Waals surface area contributed by atoms with Crippen molar-refractivity contribution in [2.45, 2.75) is 6.10 Å². The molecule has 1 aromatic rings. The third-order valence-electron chi connectivity index (χ3n) is 1.35. The summed E-state index contributed by atoms with van der Waals surface area (Å²) in [6, 6.07) is 1.75. The SMILES string of the molecule is C=CC(O)c1ccncc1Br. The molecule has 0 aliphatic rings. The van der Waals surface area contributed by atoms with Crippen molar-refractivity contribution in [2.75, 3.05) is 0 Å². The van der Waals surface area contributed by atoms with E-state index in [4.69, 9.17) is 0 Å². The summed E-state index contributed by atoms with van der Waals surface area (Å²) in [7, 11) is 0. The fraction of sp³-hybridized carbons (Fsp3) is 0.125. The van der Waals surface area contributed by atoms with Gasteiger partial charge in [-0.05, 0) is 22.0 Å². The van der Waals surface area contributed by atoms with E-state index in [0.29, 0.717) is 0 Å². The molecule has 0 aromatic carbocycles. The molecule has 58 valence electrons. The highest BCUT2D eigenvalue weighted by Crippen LogP contribution is 2.22. The van der Waals surface area contributed by atoms with Crippen LogP contribution in [0.2, 0.25) is 0 Å². The first-order chi connectivity index (χ1) is 5.25. The van der Waals surface area contributed by atoms with Gasteiger partial charge in [-0.2, -0.15) is 0 Å². The van der Waals surface area contributed by atoms with Crippen LogP contribution in [0.15, 0.2) is 35.6 Å². The Morgan fingerprint density at radius 1 is 1.73 bits per heavy atom. The van der Waals surface area contributed by atoms with Gasteiger partial charge in [0.05, 0.1) is 6.10 Å². The highest BCUT2D eigenvalue weighted by molar-refractivity contribution is 9.10. The van der Waals surface area contributed by atoms with E-state index >= 15 is 0 Å². The Labute approximate surface area is 73.7 Å². The van der Waals surface area contributed by atoms with Gasteiger partial charge in [-0.25, -0.2) is 0 Å². The Hall–Kier alpha value is -0.670. The van der Waals surface area contributed by atoms with E-state index in [9.17, 15) is 5.11 Å². The van der Waals surface area contributed by atoms with Crippen LogP contribution in [-0.2, 0) is 0 Å². The average molecular weight is 214 g/mol. The molecule has 1 N–H and O–H groups in total. The van der Waals surface area contributed by atoms with Crippen LogP contribution in [0.4, 0.5) is 0 Å². The lowest BCUT2D eigenvalue weighted by Crippen LogP contribution is -1.93. The molecule has 0 saturated heterocycles. The number of nitrogens with zero attached hydrogens (tertiary/aromatic N) is 1. The van der Waals surface area contributed by atoms with Crippen molar-refractivity contribution >= 4 is 15.9 Å². The van der Waals surface area contributed by atoms with Gasteiger partial charge in [0.25, 0.3) is 0 Å². The third kappa shape index (κ3) is 1.88. The van der Waals surface area contributed by atoms with Gasteiger partial charge in [-0.15, -0.1) is 6.58 Å². The summed E-state index contributed by atoms with van der Waals surface area (Å²) in [5.74, 6) is 0. The van der Waals surface area contributed by atoms with Gasteiger partial charge in [0.1, 0.15) is 0 Å². The smallest absolute Gasteiger partial charge is 0.0981 e. The second-order valence-corrected chi connectivity index (χ2v) is 2.93. The molecule has 0 aliphatic heterocycles. The maximum Gasteiger partial charge on any atom is 0.0981 e. The maximum atomic E-state index is 9.33. The minimum Gasteiger partial charge on any atom is -0.384 e. The molecule has 0 spiro atoms. The van der Waals surface area contributed by atoms with Gasteiger partial charge in [0.2, 0.25) is 0 Å². The Balaban J connectivity index is 3.02. The molecule has 1 atom stereocenters. The minimum atomic E-state index is -0.618. The Bertz CT molecular complexity index is 262. The zero-order valence-corrected chi connectivity index (χ0v) is 7.45. The second-order valence-electron chi connectivity index (χ2n) is 2.08. The summed E-state index contributed by atoms with van der Waals surface area (Å²) in [4.78, 5) is 3.87. The molecule has 1 heterocycles. The van der Waals surface area contributed by atoms with Crippen LogP contribution in [0.1, 0.15) is 11.7 Å². The van der Waals surface area contributed by atoms with Gasteiger partial charge in [0, 0.05) is 22.4 Å². The van der Waals surface area contributed by atoms with E-state index in [0.717, 1.165) is 10.0 Å². The van der Waals surface area contributed by atoms with Crippen molar-refractivity contribution in [1.82, 2.24) is 4.98 Å². The molecule has 11 heavy (non-hydrogen) atoms. The molecular formula is C8H8BrNO. The Morgan fingerprint density at radius 2 is 2.45 bits per heavy atom. The maximum absolute atomic E-state index is 9.33. The van der Waals surface area contributed by atoms with E-state index in [1.807, 2.05) is 0 Å². The molecule has 0 saturated carbocycles. The number of aliphatic hydroxyl groups is 1. The van der Waals surface area contributed by atoms with Crippen molar-refractivity contribution in [3.8, 4) is 0 Å². The standard InChI is InChI=1S/C8H8BrNO/c1-2-8(11)6-3-4-10-5-7(6)9/h2-5,8,11H,1H2. The quantitative estimate of drug-likeness (QED) is 0.764. The summed E-state index contributed by atoms with van der Waals surface area (Å²) in [5.41, 5.74) is 0.787. The second kappa shape index (κ2) is 3.64. The average Bonchev–Trinajstić information content (AvgIpc) is 2.04. The lowest BCUT2D eigenvalue weighted by molar-refractivity contribution is 0.228. The largest absolute Gasteiger partial charge is 0.384 e. The van der Waals surface area contributed by atoms with Crippen molar-refractivity contribution in [3.05, 3.63) is 41.2 Å². The first kappa shape index (κ1) is 8.43. The van der Waals surface area contributed by atoms with Gasteiger partial charge in [-0.1, -0.05) is 6.08 Å². The summed E-state index contributed by atoms with van der Waals surface area (Å²) in [6.07, 6.45) is 4.13. The zero-order chi connectivity index (χ0) is 8.27. The number of aliphatic hydroxyl groups excluding tert-OH is 1. The lowest BCUT2D eigenvalue weighted by atomic mass is 10.1. The predicted octanol–water partition coefficient (Wildman–Crippen LogP) is 2.06. The van der Waals surface area contributed by atoms with Gasteiger partial charge < -0.3 is 5.11 Å². The first-order valence-corrected chi connectivity index (χ1v) is 3.95. The fourth-order valence-electron chi connectivity index (χ4n) is 0.753. The Kier molecular flexibility index (Phi) is 2.79. The van der Waals surface area contributed by atoms with Crippen LogP contribution < -0.4 is 0 Å². The number of hydrogen-bond donors (Lipinski definition) is 1. The molecule has 1 unspecified atom stereocenters. The summed E-state index contributed by atoms with van der Waals surface area (Å²) in [5, 5.41) is 9.33. The number of rotatable bonds is 2. The summed E-state index contributed by atoms with van der Waals surface area (Å²) < 4.78 is 0.799. The number of aromatic nitrogens is 1. The zero-order valence-electron chi connectivity index (χ0n) is 5.87. The fourth-order valence-corrected chi connectivity index (χ4v) is 1.24. The van der Waals surface area contributed by atoms with Gasteiger partial charge in [-0.3, -0.25) is 4.98 Å². The normalized spacial score (nSPS) is 12.5. The molecule has 0 radical (unpaired) electrons. The van der Waals surface area contributed by atoms with Crippen LogP contribution in [0, 0.1) is 0 Å². The number of pyridine rings is 1. The highest BCUT2D eigenvalue weighted by atomic mass is 79.9. The Morgan fingerprint density at radius 3 is 3.00 bits per heavy atom. The van der Waals surface area contributed by atoms with E-state index < -0.39 is 6.10 Å². The molecule has 1 rings (SSSR count). The van der Waals surface area contributed by atoms with Crippen LogP contribution in [0.25, 0.3) is 0 Å². The third-order valence-corrected chi connectivity index (χ3v) is 2.01. The summed E-state index contributed by atoms with van der Waals surface area (Å²) in [6.45, 7) is 3.49. The molecule has 1 aromatic heterocycles. The van der Waals surface area contributed by atoms with E-state index in [1.165, 1.54) is 6.08 Å². The first-order valence-electron chi connectivity index (χ1n) is 3.15. The molecule has 0 amide bonds. The van der Waals surface area contributed by atoms with Crippen LogP contribution in [0.3, 0.4) is 0 Å². The van der Waals surface area contributed by atoms with Crippen molar-refractivity contribution < 1.29 is 5.11 Å². The van der Waals surface area contributed by atoms with Crippen LogP contribution in [0.5, 0.6) is 0 Å². The topological polar surface area (TPSA) is 33.1 Å². The molecule has 0 fully saturated rings. The molecule has 0 bridgehead atoms. The lowest BCUT2D eigenvalue weighted by Gasteiger charge is -2.05. The molecule has 3 heteroatoms.